The maximum atomic E-state index is 9.75. The van der Waals surface area contributed by atoms with Crippen LogP contribution in [0.3, 0.4) is 0 Å². The monoisotopic (exact) mass is 830 g/mol. The van der Waals surface area contributed by atoms with Crippen molar-refractivity contribution in [3.8, 4) is 0 Å². The van der Waals surface area contributed by atoms with Gasteiger partial charge in [0.15, 0.2) is 0 Å². The summed E-state index contributed by atoms with van der Waals surface area (Å²) in [6.45, 7) is 0. The van der Waals surface area contributed by atoms with E-state index in [1.807, 2.05) is 48.5 Å². The SMILES string of the molecule is Clc1ccc(I)cc1.Clc1ccc([I-]c2ccc(Cl)cc2)cc1.F[B-](F)(F)F.OB(O)c1ccc(Cl)cc1. The largest absolute Gasteiger partial charge is 0.673 e. The Balaban J connectivity index is 0.000000274. The molecule has 0 atom stereocenters. The van der Waals surface area contributed by atoms with Crippen molar-refractivity contribution >= 4 is 88.8 Å². The second-order valence-electron chi connectivity index (χ2n) is 6.82. The zero-order valence-corrected chi connectivity index (χ0v) is 26.4. The van der Waals surface area contributed by atoms with Crippen LogP contribution >= 0.6 is 69.0 Å². The van der Waals surface area contributed by atoms with Crippen molar-refractivity contribution in [1.82, 2.24) is 0 Å². The fourth-order valence-corrected chi connectivity index (χ4v) is 5.20. The van der Waals surface area contributed by atoms with E-state index in [2.05, 4.69) is 46.9 Å². The van der Waals surface area contributed by atoms with Gasteiger partial charge in [0.25, 0.3) is 0 Å². The van der Waals surface area contributed by atoms with Crippen molar-refractivity contribution in [3.63, 3.8) is 0 Å². The van der Waals surface area contributed by atoms with Crippen LogP contribution in [0.25, 0.3) is 0 Å². The van der Waals surface area contributed by atoms with Gasteiger partial charge in [-0.3, -0.25) is 0 Å². The summed E-state index contributed by atoms with van der Waals surface area (Å²) in [4.78, 5) is 0. The van der Waals surface area contributed by atoms with Crippen LogP contribution < -0.4 is 26.7 Å². The van der Waals surface area contributed by atoms with E-state index in [1.54, 1.807) is 24.3 Å². The molecule has 0 radical (unpaired) electrons. The molecule has 0 spiro atoms. The fourth-order valence-electron chi connectivity index (χ4n) is 2.18. The van der Waals surface area contributed by atoms with E-state index in [0.29, 0.717) is 10.5 Å². The van der Waals surface area contributed by atoms with Gasteiger partial charge in [-0.05, 0) is 64.5 Å². The molecule has 4 aromatic carbocycles. The van der Waals surface area contributed by atoms with Crippen LogP contribution in [0.1, 0.15) is 0 Å². The Kier molecular flexibility index (Phi) is 17.3. The minimum Gasteiger partial charge on any atom is -0.423 e. The molecular weight excluding hydrogens is 813 g/mol. The minimum atomic E-state index is -6.00. The molecule has 0 aliphatic heterocycles. The molecule has 0 aromatic heterocycles. The van der Waals surface area contributed by atoms with Gasteiger partial charge in [-0.1, -0.05) is 35.3 Å². The molecule has 2 N–H and O–H groups in total. The summed E-state index contributed by atoms with van der Waals surface area (Å²) in [6, 6.07) is 30.1. The van der Waals surface area contributed by atoms with Crippen molar-refractivity contribution in [1.29, 1.82) is 0 Å². The molecule has 4 aromatic rings. The van der Waals surface area contributed by atoms with E-state index >= 15 is 0 Å². The maximum absolute atomic E-state index is 9.75. The summed E-state index contributed by atoms with van der Waals surface area (Å²) in [6.07, 6.45) is 0. The van der Waals surface area contributed by atoms with Crippen LogP contribution in [0.2, 0.25) is 20.1 Å². The molecule has 0 aliphatic carbocycles. The Morgan fingerprint density at radius 3 is 1.08 bits per heavy atom. The Labute approximate surface area is 262 Å². The molecule has 0 amide bonds. The Morgan fingerprint density at radius 2 is 0.816 bits per heavy atom. The van der Waals surface area contributed by atoms with Crippen LogP contribution in [0.5, 0.6) is 0 Å². The van der Waals surface area contributed by atoms with Crippen LogP contribution in [0, 0.1) is 10.7 Å². The normalized spacial score (nSPS) is 10.2. The Morgan fingerprint density at radius 1 is 0.553 bits per heavy atom. The number of halogens is 10. The van der Waals surface area contributed by atoms with Crippen LogP contribution in [0.4, 0.5) is 17.3 Å². The quantitative estimate of drug-likeness (QED) is 0.166. The fraction of sp³-hybridized carbons (Fsp3) is 0. The van der Waals surface area contributed by atoms with Crippen molar-refractivity contribution in [3.05, 3.63) is 128 Å². The average molecular weight is 832 g/mol. The summed E-state index contributed by atoms with van der Waals surface area (Å²) in [5.41, 5.74) is 0.449. The van der Waals surface area contributed by atoms with E-state index in [0.717, 1.165) is 15.1 Å². The van der Waals surface area contributed by atoms with E-state index < -0.39 is 14.4 Å². The van der Waals surface area contributed by atoms with Gasteiger partial charge in [0.1, 0.15) is 0 Å². The molecule has 0 fully saturated rings. The van der Waals surface area contributed by atoms with Crippen molar-refractivity contribution in [2.24, 2.45) is 0 Å². The van der Waals surface area contributed by atoms with Crippen molar-refractivity contribution < 1.29 is 48.5 Å². The topological polar surface area (TPSA) is 40.5 Å². The standard InChI is InChI=1S/C12H8Cl2I.C6H6BClO2.C6H4ClI.BF4/c13-9-1-5-11(6-2-9)15-12-7-3-10(14)4-8-12;8-6-3-1-5(2-4-6)7(9)10;7-5-1-3-6(8)4-2-5;2-1(3,4)5/h1-8H;1-4,9-10H;1-4H;/q-1;;;-1. The third-order valence-corrected chi connectivity index (χ3v) is 8.21. The zero-order chi connectivity index (χ0) is 28.7. The van der Waals surface area contributed by atoms with Gasteiger partial charge >= 0.3 is 124 Å². The average Bonchev–Trinajstić information content (AvgIpc) is 2.84. The van der Waals surface area contributed by atoms with E-state index in [4.69, 9.17) is 56.5 Å². The second-order valence-corrected chi connectivity index (χ2v) is 12.8. The molecule has 0 aliphatic rings. The molecule has 2 nitrogen and oxygen atoms in total. The van der Waals surface area contributed by atoms with Gasteiger partial charge in [-0.15, -0.1) is 0 Å². The molecular formula is C24H18B2Cl4F4I2O2-2. The van der Waals surface area contributed by atoms with Gasteiger partial charge in [0, 0.05) is 13.6 Å². The summed E-state index contributed by atoms with van der Waals surface area (Å²) < 4.78 is 42.9. The molecule has 14 heteroatoms. The maximum Gasteiger partial charge on any atom is 0.673 e. The Hall–Kier alpha value is -0.730. The molecule has 0 heterocycles. The Bertz CT molecular complexity index is 1130. The first-order valence-electron chi connectivity index (χ1n) is 10.3. The van der Waals surface area contributed by atoms with Gasteiger partial charge in [-0.25, -0.2) is 0 Å². The number of rotatable bonds is 3. The van der Waals surface area contributed by atoms with Gasteiger partial charge < -0.3 is 27.3 Å². The molecule has 38 heavy (non-hydrogen) atoms. The zero-order valence-electron chi connectivity index (χ0n) is 19.1. The van der Waals surface area contributed by atoms with E-state index in [9.17, 15) is 17.3 Å². The van der Waals surface area contributed by atoms with Crippen LogP contribution in [-0.4, -0.2) is 24.4 Å². The minimum absolute atomic E-state index is 0.114. The molecule has 0 saturated carbocycles. The third-order valence-electron chi connectivity index (χ3n) is 3.80. The van der Waals surface area contributed by atoms with E-state index in [1.165, 1.54) is 10.7 Å². The first-order chi connectivity index (χ1) is 17.7. The van der Waals surface area contributed by atoms with Crippen LogP contribution in [-0.2, 0) is 0 Å². The van der Waals surface area contributed by atoms with E-state index in [-0.39, 0.29) is 21.2 Å². The first-order valence-corrected chi connectivity index (χ1v) is 15.0. The summed E-state index contributed by atoms with van der Waals surface area (Å²) in [7, 11) is -7.41. The molecule has 0 saturated heterocycles. The van der Waals surface area contributed by atoms with Gasteiger partial charge in [0.05, 0.1) is 0 Å². The van der Waals surface area contributed by atoms with Crippen LogP contribution in [0.15, 0.2) is 97.1 Å². The predicted molar refractivity (Wildman–Crippen MR) is 156 cm³/mol. The van der Waals surface area contributed by atoms with Crippen molar-refractivity contribution in [2.75, 3.05) is 0 Å². The van der Waals surface area contributed by atoms with Gasteiger partial charge in [-0.2, -0.15) is 0 Å². The van der Waals surface area contributed by atoms with Crippen molar-refractivity contribution in [2.45, 2.75) is 0 Å². The molecule has 0 bridgehead atoms. The number of hydrogen-bond donors (Lipinski definition) is 2. The predicted octanol–water partition coefficient (Wildman–Crippen LogP) is 5.39. The number of hydrogen-bond acceptors (Lipinski definition) is 2. The number of benzene rings is 4. The summed E-state index contributed by atoms with van der Waals surface area (Å²) in [5, 5.41) is 20.2. The summed E-state index contributed by atoms with van der Waals surface area (Å²) >= 11 is 24.9. The summed E-state index contributed by atoms with van der Waals surface area (Å²) in [5.74, 6) is 0. The molecule has 204 valence electrons. The smallest absolute Gasteiger partial charge is 0.423 e. The second kappa shape index (κ2) is 18.6. The molecule has 0 unspecified atom stereocenters. The first kappa shape index (κ1) is 35.3. The third kappa shape index (κ3) is 18.5. The molecule has 4 rings (SSSR count). The van der Waals surface area contributed by atoms with Gasteiger partial charge in [0.2, 0.25) is 0 Å².